The molecule has 0 aliphatic heterocycles. The van der Waals surface area contributed by atoms with E-state index in [9.17, 15) is 0 Å². The van der Waals surface area contributed by atoms with E-state index >= 15 is 0 Å². The van der Waals surface area contributed by atoms with Crippen molar-refractivity contribution in [3.63, 3.8) is 0 Å². The summed E-state index contributed by atoms with van der Waals surface area (Å²) in [4.78, 5) is 15.9. The Labute approximate surface area is 342 Å². The Bertz CT molecular complexity index is 3320. The Balaban J connectivity index is 1.18. The molecular formula is C56H37N3. The highest BCUT2D eigenvalue weighted by Gasteiger charge is 2.22. The Morgan fingerprint density at radius 1 is 0.322 bits per heavy atom. The number of nitrogens with zero attached hydrogens (tertiary/aromatic N) is 3. The van der Waals surface area contributed by atoms with E-state index < -0.39 is 0 Å². The highest BCUT2D eigenvalue weighted by Crippen LogP contribution is 2.46. The highest BCUT2D eigenvalue weighted by atomic mass is 15.0. The fraction of sp³-hybridized carbons (Fsp3) is 0.0179. The molecule has 0 unspecified atom stereocenters. The Morgan fingerprint density at radius 2 is 0.712 bits per heavy atom. The normalized spacial score (nSPS) is 11.7. The van der Waals surface area contributed by atoms with Gasteiger partial charge in [-0.25, -0.2) is 15.0 Å². The predicted molar refractivity (Wildman–Crippen MR) is 249 cm³/mol. The number of rotatable bonds is 6. The first-order valence-corrected chi connectivity index (χ1v) is 20.1. The molecule has 0 saturated carbocycles. The summed E-state index contributed by atoms with van der Waals surface area (Å²) in [5.74, 6) is 1.92. The van der Waals surface area contributed by atoms with Crippen LogP contribution in [0.4, 0.5) is 0 Å². The summed E-state index contributed by atoms with van der Waals surface area (Å²) in [6.45, 7) is 2.10. The first-order valence-electron chi connectivity index (χ1n) is 20.1. The molecule has 11 aromatic rings. The first kappa shape index (κ1) is 34.5. The summed E-state index contributed by atoms with van der Waals surface area (Å²) in [5.41, 5.74) is 8.82. The molecule has 11 rings (SSSR count). The average Bonchev–Trinajstić information content (AvgIpc) is 3.30. The van der Waals surface area contributed by atoms with Crippen LogP contribution in [-0.2, 0) is 0 Å². The van der Waals surface area contributed by atoms with Gasteiger partial charge in [0, 0.05) is 16.7 Å². The molecule has 0 aliphatic carbocycles. The number of benzene rings is 10. The molecule has 0 fully saturated rings. The van der Waals surface area contributed by atoms with Crippen molar-refractivity contribution in [3.05, 3.63) is 206 Å². The van der Waals surface area contributed by atoms with Gasteiger partial charge in [-0.05, 0) is 107 Å². The van der Waals surface area contributed by atoms with Crippen molar-refractivity contribution >= 4 is 59.9 Å². The molecule has 1 aromatic heterocycles. The summed E-state index contributed by atoms with van der Waals surface area (Å²) >= 11 is 0. The number of allylic oxidation sites excluding steroid dienone is 1. The van der Waals surface area contributed by atoms with Gasteiger partial charge in [0.2, 0.25) is 0 Å². The van der Waals surface area contributed by atoms with Crippen LogP contribution in [0.2, 0.25) is 0 Å². The van der Waals surface area contributed by atoms with Crippen molar-refractivity contribution in [3.8, 4) is 56.4 Å². The average molecular weight is 752 g/mol. The Hall–Kier alpha value is -7.75. The van der Waals surface area contributed by atoms with Gasteiger partial charge in [-0.15, -0.1) is 0 Å². The minimum Gasteiger partial charge on any atom is -0.208 e. The number of hydrogen-bond donors (Lipinski definition) is 0. The van der Waals surface area contributed by atoms with Crippen LogP contribution in [0.15, 0.2) is 200 Å². The highest BCUT2D eigenvalue weighted by molar-refractivity contribution is 6.21. The predicted octanol–water partition coefficient (Wildman–Crippen LogP) is 15.0. The lowest BCUT2D eigenvalue weighted by molar-refractivity contribution is 1.08. The summed E-state index contributed by atoms with van der Waals surface area (Å²) in [6.07, 6.45) is 4.41. The van der Waals surface area contributed by atoms with E-state index in [4.69, 9.17) is 15.0 Å². The van der Waals surface area contributed by atoms with Crippen molar-refractivity contribution in [2.45, 2.75) is 6.92 Å². The van der Waals surface area contributed by atoms with E-state index in [1.807, 2.05) is 0 Å². The molecule has 59 heavy (non-hydrogen) atoms. The quantitative estimate of drug-likeness (QED) is 0.159. The van der Waals surface area contributed by atoms with Crippen LogP contribution in [0.1, 0.15) is 12.5 Å². The van der Waals surface area contributed by atoms with Gasteiger partial charge < -0.3 is 0 Å². The minimum atomic E-state index is 0.639. The number of fused-ring (bicyclic) bond motifs is 5. The van der Waals surface area contributed by atoms with Gasteiger partial charge in [-0.1, -0.05) is 188 Å². The van der Waals surface area contributed by atoms with Gasteiger partial charge in [0.1, 0.15) is 0 Å². The number of hydrogen-bond acceptors (Lipinski definition) is 3. The van der Waals surface area contributed by atoms with Crippen LogP contribution in [-0.4, -0.2) is 15.0 Å². The third-order valence-corrected chi connectivity index (χ3v) is 11.6. The molecule has 10 aromatic carbocycles. The maximum atomic E-state index is 5.36. The molecule has 1 heterocycles. The van der Waals surface area contributed by atoms with Crippen LogP contribution in [0.3, 0.4) is 0 Å². The standard InChI is InChI=1S/C56H37N3/c1-2-14-46-45(42-30-27-36-15-3-6-18-39(36)33-42)25-13-26-47(46)52-48-21-9-11-23-50(48)53(51-24-12-10-22-49(51)52)56-58-54(43-31-28-37-16-4-7-19-40(37)34-43)57-55(59-56)44-32-29-38-17-5-8-20-41(38)35-44/h2-35H,1H3/b14-2-. The summed E-state index contributed by atoms with van der Waals surface area (Å²) in [5, 5.41) is 11.6. The van der Waals surface area contributed by atoms with Gasteiger partial charge in [0.15, 0.2) is 17.5 Å². The second kappa shape index (κ2) is 14.3. The minimum absolute atomic E-state index is 0.639. The maximum Gasteiger partial charge on any atom is 0.165 e. The van der Waals surface area contributed by atoms with E-state index in [-0.39, 0.29) is 0 Å². The van der Waals surface area contributed by atoms with Crippen molar-refractivity contribution in [2.75, 3.05) is 0 Å². The lowest BCUT2D eigenvalue weighted by atomic mass is 9.84. The molecule has 0 saturated heterocycles. The molecule has 0 amide bonds. The fourth-order valence-corrected chi connectivity index (χ4v) is 8.80. The lowest BCUT2D eigenvalue weighted by Crippen LogP contribution is -2.02. The van der Waals surface area contributed by atoms with E-state index in [1.165, 1.54) is 49.4 Å². The van der Waals surface area contributed by atoms with Gasteiger partial charge in [-0.2, -0.15) is 0 Å². The van der Waals surface area contributed by atoms with Gasteiger partial charge in [-0.3, -0.25) is 0 Å². The fourth-order valence-electron chi connectivity index (χ4n) is 8.80. The molecule has 0 bridgehead atoms. The molecule has 0 atom stereocenters. The van der Waals surface area contributed by atoms with Crippen LogP contribution in [0.25, 0.3) is 116 Å². The van der Waals surface area contributed by atoms with Crippen molar-refractivity contribution in [2.24, 2.45) is 0 Å². The zero-order valence-electron chi connectivity index (χ0n) is 32.5. The zero-order chi connectivity index (χ0) is 39.3. The molecule has 3 heteroatoms. The second-order valence-corrected chi connectivity index (χ2v) is 15.1. The van der Waals surface area contributed by atoms with Crippen LogP contribution in [0.5, 0.6) is 0 Å². The second-order valence-electron chi connectivity index (χ2n) is 15.1. The van der Waals surface area contributed by atoms with E-state index in [2.05, 4.69) is 213 Å². The smallest absolute Gasteiger partial charge is 0.165 e. The summed E-state index contributed by atoms with van der Waals surface area (Å²) in [6, 6.07) is 69.3. The van der Waals surface area contributed by atoms with E-state index in [0.29, 0.717) is 17.5 Å². The zero-order valence-corrected chi connectivity index (χ0v) is 32.5. The molecule has 0 radical (unpaired) electrons. The Morgan fingerprint density at radius 3 is 1.20 bits per heavy atom. The largest absolute Gasteiger partial charge is 0.208 e. The van der Waals surface area contributed by atoms with Crippen molar-refractivity contribution in [1.29, 1.82) is 0 Å². The third-order valence-electron chi connectivity index (χ3n) is 11.6. The summed E-state index contributed by atoms with van der Waals surface area (Å²) in [7, 11) is 0. The molecule has 0 N–H and O–H groups in total. The van der Waals surface area contributed by atoms with E-state index in [1.54, 1.807) is 0 Å². The first-order chi connectivity index (χ1) is 29.2. The SMILES string of the molecule is C/C=C\c1c(-c2ccc3ccccc3c2)cccc1-c1c2ccccc2c(-c2nc(-c3ccc4ccccc4c3)nc(-c3ccc4ccccc4c3)n2)c2ccccc12. The van der Waals surface area contributed by atoms with E-state index in [0.717, 1.165) is 49.0 Å². The van der Waals surface area contributed by atoms with Gasteiger partial charge in [0.25, 0.3) is 0 Å². The molecule has 3 nitrogen and oxygen atoms in total. The lowest BCUT2D eigenvalue weighted by Gasteiger charge is -2.20. The van der Waals surface area contributed by atoms with Crippen LogP contribution < -0.4 is 0 Å². The summed E-state index contributed by atoms with van der Waals surface area (Å²) < 4.78 is 0. The van der Waals surface area contributed by atoms with Gasteiger partial charge >= 0.3 is 0 Å². The van der Waals surface area contributed by atoms with Crippen molar-refractivity contribution in [1.82, 2.24) is 15.0 Å². The molecule has 276 valence electrons. The van der Waals surface area contributed by atoms with Gasteiger partial charge in [0.05, 0.1) is 0 Å². The maximum absolute atomic E-state index is 5.36. The molecule has 0 aliphatic rings. The van der Waals surface area contributed by atoms with Crippen LogP contribution >= 0.6 is 0 Å². The number of aromatic nitrogens is 3. The topological polar surface area (TPSA) is 38.7 Å². The molecular weight excluding hydrogens is 715 g/mol. The molecule has 0 spiro atoms. The van der Waals surface area contributed by atoms with Crippen LogP contribution in [0, 0.1) is 0 Å². The monoisotopic (exact) mass is 751 g/mol. The Kier molecular flexibility index (Phi) is 8.37. The van der Waals surface area contributed by atoms with Crippen molar-refractivity contribution < 1.29 is 0 Å². The third kappa shape index (κ3) is 6.03.